The van der Waals surface area contributed by atoms with Crippen LogP contribution in [0.15, 0.2) is 67.0 Å². The van der Waals surface area contributed by atoms with E-state index < -0.39 is 0 Å². The minimum absolute atomic E-state index is 0.214. The van der Waals surface area contributed by atoms with E-state index in [0.29, 0.717) is 34.9 Å². The predicted octanol–water partition coefficient (Wildman–Crippen LogP) is 4.59. The molecule has 0 saturated carbocycles. The van der Waals surface area contributed by atoms with Crippen molar-refractivity contribution in [3.63, 3.8) is 0 Å². The number of halogens is 2. The van der Waals surface area contributed by atoms with Gasteiger partial charge >= 0.3 is 0 Å². The Morgan fingerprint density at radius 1 is 1.04 bits per heavy atom. The predicted molar refractivity (Wildman–Crippen MR) is 101 cm³/mol. The van der Waals surface area contributed by atoms with Gasteiger partial charge in [-0.05, 0) is 48.4 Å². The fourth-order valence-electron chi connectivity index (χ4n) is 2.44. The molecule has 0 unspecified atom stereocenters. The van der Waals surface area contributed by atoms with Gasteiger partial charge in [-0.2, -0.15) is 0 Å². The lowest BCUT2D eigenvalue weighted by Gasteiger charge is -2.09. The van der Waals surface area contributed by atoms with Gasteiger partial charge in [-0.25, -0.2) is 4.39 Å². The van der Waals surface area contributed by atoms with Crippen LogP contribution in [0.3, 0.4) is 0 Å². The Bertz CT molecular complexity index is 900. The number of nitrogens with zero attached hydrogens (tertiary/aromatic N) is 1. The topological polar surface area (TPSA) is 54.0 Å². The zero-order chi connectivity index (χ0) is 18.4. The van der Waals surface area contributed by atoms with Crippen LogP contribution in [0.5, 0.6) is 0 Å². The van der Waals surface area contributed by atoms with E-state index in [2.05, 4.69) is 15.6 Å². The van der Waals surface area contributed by atoms with Gasteiger partial charge in [0.2, 0.25) is 0 Å². The SMILES string of the molecule is O=C(NCCc1ccc(Cl)cc1)c1cncc(Nc2cccc(F)c2)c1. The van der Waals surface area contributed by atoms with Gasteiger partial charge in [0, 0.05) is 23.5 Å². The van der Waals surface area contributed by atoms with E-state index in [1.165, 1.54) is 18.3 Å². The fourth-order valence-corrected chi connectivity index (χ4v) is 2.56. The highest BCUT2D eigenvalue weighted by molar-refractivity contribution is 6.30. The number of carbonyl (C=O) groups excluding carboxylic acids is 1. The lowest BCUT2D eigenvalue weighted by atomic mass is 10.1. The molecule has 0 fully saturated rings. The molecule has 2 N–H and O–H groups in total. The summed E-state index contributed by atoms with van der Waals surface area (Å²) in [4.78, 5) is 16.4. The van der Waals surface area contributed by atoms with Gasteiger partial charge in [-0.1, -0.05) is 29.8 Å². The maximum absolute atomic E-state index is 13.3. The van der Waals surface area contributed by atoms with E-state index in [1.54, 1.807) is 24.4 Å². The largest absolute Gasteiger partial charge is 0.354 e. The van der Waals surface area contributed by atoms with Crippen molar-refractivity contribution in [2.24, 2.45) is 0 Å². The normalized spacial score (nSPS) is 10.4. The Balaban J connectivity index is 1.58. The average Bonchev–Trinajstić information content (AvgIpc) is 2.63. The smallest absolute Gasteiger partial charge is 0.252 e. The molecule has 0 atom stereocenters. The molecule has 0 aliphatic heterocycles. The maximum atomic E-state index is 13.3. The van der Waals surface area contributed by atoms with Gasteiger partial charge in [0.05, 0.1) is 17.4 Å². The number of nitrogens with one attached hydrogen (secondary N) is 2. The van der Waals surface area contributed by atoms with Crippen molar-refractivity contribution in [2.75, 3.05) is 11.9 Å². The van der Waals surface area contributed by atoms with Crippen molar-refractivity contribution >= 4 is 28.9 Å². The molecule has 6 heteroatoms. The van der Waals surface area contributed by atoms with E-state index >= 15 is 0 Å². The van der Waals surface area contributed by atoms with Gasteiger partial charge < -0.3 is 10.6 Å². The lowest BCUT2D eigenvalue weighted by Crippen LogP contribution is -2.25. The molecule has 26 heavy (non-hydrogen) atoms. The third kappa shape index (κ3) is 5.04. The number of amides is 1. The fraction of sp³-hybridized carbons (Fsp3) is 0.100. The summed E-state index contributed by atoms with van der Waals surface area (Å²) in [5.74, 6) is -0.548. The van der Waals surface area contributed by atoms with Crippen LogP contribution < -0.4 is 10.6 Å². The monoisotopic (exact) mass is 369 g/mol. The Morgan fingerprint density at radius 3 is 2.62 bits per heavy atom. The van der Waals surface area contributed by atoms with Crippen LogP contribution in [-0.4, -0.2) is 17.4 Å². The highest BCUT2D eigenvalue weighted by atomic mass is 35.5. The third-order valence-corrected chi connectivity index (χ3v) is 3.98. The summed E-state index contributed by atoms with van der Waals surface area (Å²) in [5, 5.41) is 6.58. The highest BCUT2D eigenvalue weighted by Crippen LogP contribution is 2.17. The first kappa shape index (κ1) is 17.9. The van der Waals surface area contributed by atoms with Crippen LogP contribution in [-0.2, 0) is 6.42 Å². The first-order valence-electron chi connectivity index (χ1n) is 8.10. The molecule has 4 nitrogen and oxygen atoms in total. The summed E-state index contributed by atoms with van der Waals surface area (Å²) >= 11 is 5.85. The Labute approximate surface area is 156 Å². The van der Waals surface area contributed by atoms with Gasteiger partial charge in [-0.15, -0.1) is 0 Å². The molecule has 1 amide bonds. The van der Waals surface area contributed by atoms with Crippen LogP contribution in [0.4, 0.5) is 15.8 Å². The molecule has 0 aliphatic carbocycles. The van der Waals surface area contributed by atoms with E-state index in [-0.39, 0.29) is 11.7 Å². The summed E-state index contributed by atoms with van der Waals surface area (Å²) in [6.45, 7) is 0.502. The van der Waals surface area contributed by atoms with Crippen LogP contribution >= 0.6 is 11.6 Å². The van der Waals surface area contributed by atoms with Crippen LogP contribution in [0.25, 0.3) is 0 Å². The molecular formula is C20H17ClFN3O. The highest BCUT2D eigenvalue weighted by Gasteiger charge is 2.07. The van der Waals surface area contributed by atoms with E-state index in [0.717, 1.165) is 5.56 Å². The number of benzene rings is 2. The second kappa shape index (κ2) is 8.45. The molecule has 0 saturated heterocycles. The molecule has 3 rings (SSSR count). The number of aromatic nitrogens is 1. The zero-order valence-electron chi connectivity index (χ0n) is 13.9. The molecule has 3 aromatic rings. The van der Waals surface area contributed by atoms with Crippen molar-refractivity contribution in [3.05, 3.63) is 89.0 Å². The minimum atomic E-state index is -0.334. The van der Waals surface area contributed by atoms with E-state index in [4.69, 9.17) is 11.6 Å². The Kier molecular flexibility index (Phi) is 5.81. The quantitative estimate of drug-likeness (QED) is 0.668. The van der Waals surface area contributed by atoms with Crippen molar-refractivity contribution in [1.29, 1.82) is 0 Å². The molecule has 1 heterocycles. The third-order valence-electron chi connectivity index (χ3n) is 3.73. The summed E-state index contributed by atoms with van der Waals surface area (Å²) in [5.41, 5.74) is 2.73. The summed E-state index contributed by atoms with van der Waals surface area (Å²) in [6.07, 6.45) is 3.78. The van der Waals surface area contributed by atoms with Crippen molar-refractivity contribution < 1.29 is 9.18 Å². The molecule has 132 valence electrons. The molecular weight excluding hydrogens is 353 g/mol. The number of rotatable bonds is 6. The summed E-state index contributed by atoms with van der Waals surface area (Å²) < 4.78 is 13.3. The molecule has 2 aromatic carbocycles. The average molecular weight is 370 g/mol. The molecule has 0 bridgehead atoms. The van der Waals surface area contributed by atoms with E-state index in [9.17, 15) is 9.18 Å². The maximum Gasteiger partial charge on any atom is 0.252 e. The summed E-state index contributed by atoms with van der Waals surface area (Å²) in [7, 11) is 0. The molecule has 0 aliphatic rings. The van der Waals surface area contributed by atoms with Crippen LogP contribution in [0, 0.1) is 5.82 Å². The summed E-state index contributed by atoms with van der Waals surface area (Å²) in [6, 6.07) is 15.3. The number of carbonyl (C=O) groups is 1. The molecule has 1 aromatic heterocycles. The van der Waals surface area contributed by atoms with Crippen molar-refractivity contribution in [3.8, 4) is 0 Å². The van der Waals surface area contributed by atoms with Gasteiger partial charge in [0.15, 0.2) is 0 Å². The molecule has 0 spiro atoms. The minimum Gasteiger partial charge on any atom is -0.354 e. The Hall–Kier alpha value is -2.92. The Morgan fingerprint density at radius 2 is 1.85 bits per heavy atom. The van der Waals surface area contributed by atoms with Crippen molar-refractivity contribution in [2.45, 2.75) is 6.42 Å². The van der Waals surface area contributed by atoms with Gasteiger partial charge in [0.25, 0.3) is 5.91 Å². The van der Waals surface area contributed by atoms with Crippen molar-refractivity contribution in [1.82, 2.24) is 10.3 Å². The van der Waals surface area contributed by atoms with Gasteiger partial charge in [0.1, 0.15) is 5.82 Å². The van der Waals surface area contributed by atoms with E-state index in [1.807, 2.05) is 24.3 Å². The first-order chi connectivity index (χ1) is 12.6. The number of hydrogen-bond acceptors (Lipinski definition) is 3. The second-order valence-corrected chi connectivity index (χ2v) is 6.17. The van der Waals surface area contributed by atoms with Gasteiger partial charge in [-0.3, -0.25) is 9.78 Å². The zero-order valence-corrected chi connectivity index (χ0v) is 14.6. The molecule has 0 radical (unpaired) electrons. The van der Waals surface area contributed by atoms with Crippen LogP contribution in [0.2, 0.25) is 5.02 Å². The standard InChI is InChI=1S/C20H17ClFN3O/c21-16-6-4-14(5-7-16)8-9-24-20(26)15-10-19(13-23-12-15)25-18-3-1-2-17(22)11-18/h1-7,10-13,25H,8-9H2,(H,24,26). The number of hydrogen-bond donors (Lipinski definition) is 2. The second-order valence-electron chi connectivity index (χ2n) is 5.73. The van der Waals surface area contributed by atoms with Crippen LogP contribution in [0.1, 0.15) is 15.9 Å². The first-order valence-corrected chi connectivity index (χ1v) is 8.48. The number of anilines is 2. The lowest BCUT2D eigenvalue weighted by molar-refractivity contribution is 0.0954. The number of pyridine rings is 1.